The molecule has 0 aromatic heterocycles. The Morgan fingerprint density at radius 2 is 1.56 bits per heavy atom. The van der Waals surface area contributed by atoms with Crippen LogP contribution in [0, 0.1) is 0 Å². The molecule has 0 bridgehead atoms. The lowest BCUT2D eigenvalue weighted by atomic mass is 10.1. The van der Waals surface area contributed by atoms with Crippen molar-refractivity contribution in [2.75, 3.05) is 6.54 Å². The van der Waals surface area contributed by atoms with E-state index in [1.54, 1.807) is 0 Å². The molecule has 132 valence electrons. The van der Waals surface area contributed by atoms with Gasteiger partial charge in [0.2, 0.25) is 5.91 Å². The zero-order chi connectivity index (χ0) is 17.9. The monoisotopic (exact) mass is 340 g/mol. The van der Waals surface area contributed by atoms with Crippen molar-refractivity contribution in [3.8, 4) is 0 Å². The average Bonchev–Trinajstić information content (AvgIpc) is 2.65. The maximum Gasteiger partial charge on any atom is 0.308 e. The van der Waals surface area contributed by atoms with Gasteiger partial charge in [0, 0.05) is 6.54 Å². The number of ether oxygens (including phenoxy) is 1. The van der Waals surface area contributed by atoms with Crippen molar-refractivity contribution in [2.45, 2.75) is 31.9 Å². The van der Waals surface area contributed by atoms with Gasteiger partial charge in [0.15, 0.2) is 0 Å². The number of nitrogens with one attached hydrogen (secondary N) is 1. The first-order valence-corrected chi connectivity index (χ1v) is 8.42. The van der Waals surface area contributed by atoms with E-state index >= 15 is 0 Å². The maximum atomic E-state index is 11.9. The van der Waals surface area contributed by atoms with Crippen LogP contribution in [-0.2, 0) is 27.4 Å². The first-order chi connectivity index (χ1) is 12.1. The van der Waals surface area contributed by atoms with Crippen LogP contribution in [0.4, 0.5) is 0 Å². The number of benzene rings is 2. The summed E-state index contributed by atoms with van der Waals surface area (Å²) in [4.78, 5) is 23.7. The Bertz CT molecular complexity index is 659. The molecule has 1 amide bonds. The number of aryl methyl sites for hydroxylation is 1. The molecule has 0 aliphatic rings. The SMILES string of the molecule is NC(CC(=O)OCc1ccccc1)C(=O)NCCCc1ccccc1. The minimum atomic E-state index is -0.889. The van der Waals surface area contributed by atoms with Crippen LogP contribution >= 0.6 is 0 Å². The van der Waals surface area contributed by atoms with E-state index in [9.17, 15) is 9.59 Å². The third-order valence-corrected chi connectivity index (χ3v) is 3.75. The number of nitrogens with two attached hydrogens (primary N) is 1. The molecular formula is C20H24N2O3. The maximum absolute atomic E-state index is 11.9. The molecule has 25 heavy (non-hydrogen) atoms. The molecule has 0 radical (unpaired) electrons. The summed E-state index contributed by atoms with van der Waals surface area (Å²) in [6, 6.07) is 18.5. The van der Waals surface area contributed by atoms with E-state index in [4.69, 9.17) is 10.5 Å². The Morgan fingerprint density at radius 1 is 0.960 bits per heavy atom. The fraction of sp³-hybridized carbons (Fsp3) is 0.300. The minimum Gasteiger partial charge on any atom is -0.461 e. The molecule has 5 heteroatoms. The highest BCUT2D eigenvalue weighted by molar-refractivity contribution is 5.86. The van der Waals surface area contributed by atoms with Gasteiger partial charge in [0.05, 0.1) is 12.5 Å². The normalized spacial score (nSPS) is 11.6. The molecule has 2 aromatic carbocycles. The molecule has 2 aromatic rings. The van der Waals surface area contributed by atoms with Gasteiger partial charge in [0.1, 0.15) is 6.61 Å². The van der Waals surface area contributed by atoms with Crippen LogP contribution in [-0.4, -0.2) is 24.5 Å². The molecule has 2 rings (SSSR count). The fourth-order valence-electron chi connectivity index (χ4n) is 2.35. The summed E-state index contributed by atoms with van der Waals surface area (Å²) in [6.07, 6.45) is 1.58. The Morgan fingerprint density at radius 3 is 2.20 bits per heavy atom. The number of hydrogen-bond acceptors (Lipinski definition) is 4. The van der Waals surface area contributed by atoms with Gasteiger partial charge < -0.3 is 15.8 Å². The Hall–Kier alpha value is -2.66. The van der Waals surface area contributed by atoms with E-state index in [2.05, 4.69) is 17.4 Å². The summed E-state index contributed by atoms with van der Waals surface area (Å²) < 4.78 is 5.13. The molecule has 0 aliphatic heterocycles. The Balaban J connectivity index is 1.61. The molecule has 0 fully saturated rings. The van der Waals surface area contributed by atoms with Crippen LogP contribution in [0.5, 0.6) is 0 Å². The van der Waals surface area contributed by atoms with E-state index < -0.39 is 12.0 Å². The van der Waals surface area contributed by atoms with Crippen molar-refractivity contribution < 1.29 is 14.3 Å². The van der Waals surface area contributed by atoms with Crippen LogP contribution in [0.2, 0.25) is 0 Å². The first kappa shape index (κ1) is 18.7. The summed E-state index contributed by atoms with van der Waals surface area (Å²) in [5, 5.41) is 2.76. The smallest absolute Gasteiger partial charge is 0.308 e. The van der Waals surface area contributed by atoms with Crippen LogP contribution in [0.1, 0.15) is 24.0 Å². The van der Waals surface area contributed by atoms with Crippen LogP contribution in [0.25, 0.3) is 0 Å². The lowest BCUT2D eigenvalue weighted by Crippen LogP contribution is -2.42. The van der Waals surface area contributed by atoms with Crippen molar-refractivity contribution in [1.82, 2.24) is 5.32 Å². The Kier molecular flexibility index (Phi) is 7.66. The van der Waals surface area contributed by atoms with E-state index in [0.717, 1.165) is 18.4 Å². The third-order valence-electron chi connectivity index (χ3n) is 3.75. The van der Waals surface area contributed by atoms with Crippen molar-refractivity contribution in [1.29, 1.82) is 0 Å². The summed E-state index contributed by atoms with van der Waals surface area (Å²) >= 11 is 0. The van der Waals surface area contributed by atoms with Gasteiger partial charge in [-0.1, -0.05) is 60.7 Å². The second-order valence-corrected chi connectivity index (χ2v) is 5.84. The second kappa shape index (κ2) is 10.3. The van der Waals surface area contributed by atoms with E-state index in [1.165, 1.54) is 5.56 Å². The summed E-state index contributed by atoms with van der Waals surface area (Å²) in [5.74, 6) is -0.805. The molecule has 3 N–H and O–H groups in total. The lowest BCUT2D eigenvalue weighted by Gasteiger charge is -2.12. The van der Waals surface area contributed by atoms with Crippen molar-refractivity contribution >= 4 is 11.9 Å². The third kappa shape index (κ3) is 7.18. The van der Waals surface area contributed by atoms with Crippen molar-refractivity contribution in [3.05, 3.63) is 71.8 Å². The number of carbonyl (C=O) groups excluding carboxylic acids is 2. The summed E-state index contributed by atoms with van der Waals surface area (Å²) in [7, 11) is 0. The lowest BCUT2D eigenvalue weighted by molar-refractivity contribution is -0.146. The predicted octanol–water partition coefficient (Wildman–Crippen LogP) is 2.20. The molecule has 0 saturated carbocycles. The average molecular weight is 340 g/mol. The van der Waals surface area contributed by atoms with E-state index in [-0.39, 0.29) is 18.9 Å². The molecule has 0 heterocycles. The van der Waals surface area contributed by atoms with Crippen molar-refractivity contribution in [3.63, 3.8) is 0 Å². The standard InChI is InChI=1S/C20H24N2O3/c21-18(14-19(23)25-15-17-10-5-2-6-11-17)20(24)22-13-7-12-16-8-3-1-4-9-16/h1-6,8-11,18H,7,12-15,21H2,(H,22,24). The molecule has 0 saturated heterocycles. The highest BCUT2D eigenvalue weighted by atomic mass is 16.5. The Labute approximate surface area is 148 Å². The van der Waals surface area contributed by atoms with Gasteiger partial charge in [0.25, 0.3) is 0 Å². The van der Waals surface area contributed by atoms with Gasteiger partial charge in [-0.3, -0.25) is 9.59 Å². The van der Waals surface area contributed by atoms with Crippen LogP contribution in [0.15, 0.2) is 60.7 Å². The number of hydrogen-bond donors (Lipinski definition) is 2. The van der Waals surface area contributed by atoms with Crippen molar-refractivity contribution in [2.24, 2.45) is 5.73 Å². The molecule has 0 spiro atoms. The van der Waals surface area contributed by atoms with Gasteiger partial charge in [-0.05, 0) is 24.0 Å². The highest BCUT2D eigenvalue weighted by Gasteiger charge is 2.18. The van der Waals surface area contributed by atoms with Gasteiger partial charge in [-0.25, -0.2) is 0 Å². The molecular weight excluding hydrogens is 316 g/mol. The topological polar surface area (TPSA) is 81.4 Å². The van der Waals surface area contributed by atoms with E-state index in [1.807, 2.05) is 48.5 Å². The zero-order valence-corrected chi connectivity index (χ0v) is 14.2. The fourth-order valence-corrected chi connectivity index (χ4v) is 2.35. The van der Waals surface area contributed by atoms with Gasteiger partial charge >= 0.3 is 5.97 Å². The zero-order valence-electron chi connectivity index (χ0n) is 14.2. The minimum absolute atomic E-state index is 0.128. The number of carbonyl (C=O) groups is 2. The quantitative estimate of drug-likeness (QED) is 0.542. The van der Waals surface area contributed by atoms with Gasteiger partial charge in [-0.15, -0.1) is 0 Å². The molecule has 1 atom stereocenters. The predicted molar refractivity (Wildman–Crippen MR) is 96.6 cm³/mol. The van der Waals surface area contributed by atoms with Crippen LogP contribution in [0.3, 0.4) is 0 Å². The van der Waals surface area contributed by atoms with Crippen LogP contribution < -0.4 is 11.1 Å². The van der Waals surface area contributed by atoms with Gasteiger partial charge in [-0.2, -0.15) is 0 Å². The highest BCUT2D eigenvalue weighted by Crippen LogP contribution is 2.03. The number of amides is 1. The summed E-state index contributed by atoms with van der Waals surface area (Å²) in [6.45, 7) is 0.714. The van der Waals surface area contributed by atoms with E-state index in [0.29, 0.717) is 6.54 Å². The molecule has 1 unspecified atom stereocenters. The largest absolute Gasteiger partial charge is 0.461 e. The second-order valence-electron chi connectivity index (χ2n) is 5.84. The first-order valence-electron chi connectivity index (χ1n) is 8.42. The summed E-state index contributed by atoms with van der Waals surface area (Å²) in [5.41, 5.74) is 7.89. The number of rotatable bonds is 9. The molecule has 5 nitrogen and oxygen atoms in total. The number of esters is 1. The molecule has 0 aliphatic carbocycles.